The van der Waals surface area contributed by atoms with E-state index in [-0.39, 0.29) is 12.6 Å². The number of hydrogen-bond donors (Lipinski definition) is 2. The fourth-order valence-electron chi connectivity index (χ4n) is 3.09. The summed E-state index contributed by atoms with van der Waals surface area (Å²) in [6.07, 6.45) is 2.54. The van der Waals surface area contributed by atoms with Crippen molar-refractivity contribution >= 4 is 15.7 Å². The molecular formula is C15H24N2O3S. The van der Waals surface area contributed by atoms with Gasteiger partial charge in [0, 0.05) is 25.3 Å². The number of piperidine rings is 1. The maximum Gasteiger partial charge on any atom is 0.243 e. The normalized spacial score (nSPS) is 20.5. The molecule has 1 unspecified atom stereocenters. The highest BCUT2D eigenvalue weighted by molar-refractivity contribution is 7.89. The lowest BCUT2D eigenvalue weighted by Gasteiger charge is -2.34. The van der Waals surface area contributed by atoms with E-state index in [4.69, 9.17) is 0 Å². The van der Waals surface area contributed by atoms with Gasteiger partial charge in [-0.1, -0.05) is 6.42 Å². The third-order valence-corrected chi connectivity index (χ3v) is 6.36. The molecule has 1 atom stereocenters. The van der Waals surface area contributed by atoms with Crippen molar-refractivity contribution in [2.45, 2.75) is 44.0 Å². The zero-order valence-electron chi connectivity index (χ0n) is 12.9. The van der Waals surface area contributed by atoms with Gasteiger partial charge in [0.2, 0.25) is 10.0 Å². The van der Waals surface area contributed by atoms with Crippen LogP contribution in [0.15, 0.2) is 17.0 Å². The molecule has 0 bridgehead atoms. The molecule has 5 nitrogen and oxygen atoms in total. The van der Waals surface area contributed by atoms with Crippen LogP contribution in [0, 0.1) is 13.8 Å². The third kappa shape index (κ3) is 3.07. The summed E-state index contributed by atoms with van der Waals surface area (Å²) < 4.78 is 27.5. The lowest BCUT2D eigenvalue weighted by Crippen LogP contribution is -2.45. The molecule has 0 aromatic heterocycles. The van der Waals surface area contributed by atoms with Gasteiger partial charge in [-0.05, 0) is 49.9 Å². The van der Waals surface area contributed by atoms with Gasteiger partial charge in [0.25, 0.3) is 0 Å². The molecule has 6 heteroatoms. The van der Waals surface area contributed by atoms with Crippen LogP contribution >= 0.6 is 0 Å². The predicted octanol–water partition coefficient (Wildman–Crippen LogP) is 1.88. The zero-order chi connectivity index (χ0) is 15.6. The van der Waals surface area contributed by atoms with Crippen molar-refractivity contribution in [1.82, 2.24) is 4.31 Å². The number of rotatable bonds is 4. The zero-order valence-corrected chi connectivity index (χ0v) is 13.7. The van der Waals surface area contributed by atoms with Crippen LogP contribution in [0.5, 0.6) is 0 Å². The number of aryl methyl sites for hydroxylation is 2. The molecule has 0 aliphatic carbocycles. The molecule has 2 rings (SSSR count). The Morgan fingerprint density at radius 1 is 1.29 bits per heavy atom. The van der Waals surface area contributed by atoms with Gasteiger partial charge in [-0.15, -0.1) is 0 Å². The lowest BCUT2D eigenvalue weighted by atomic mass is 10.1. The molecule has 1 heterocycles. The van der Waals surface area contributed by atoms with Crippen molar-refractivity contribution in [3.63, 3.8) is 0 Å². The van der Waals surface area contributed by atoms with Crippen LogP contribution in [-0.2, 0) is 10.0 Å². The fourth-order valence-corrected chi connectivity index (χ4v) is 5.19. The first-order valence-corrected chi connectivity index (χ1v) is 8.77. The molecule has 1 aliphatic rings. The molecule has 1 aromatic carbocycles. The van der Waals surface area contributed by atoms with Crippen molar-refractivity contribution in [2.24, 2.45) is 0 Å². The highest BCUT2D eigenvalue weighted by Crippen LogP contribution is 2.30. The molecule has 1 fully saturated rings. The summed E-state index contributed by atoms with van der Waals surface area (Å²) in [5.41, 5.74) is 2.38. The lowest BCUT2D eigenvalue weighted by molar-refractivity contribution is 0.155. The molecule has 1 aromatic rings. The van der Waals surface area contributed by atoms with Crippen molar-refractivity contribution in [3.05, 3.63) is 23.3 Å². The second kappa shape index (κ2) is 6.34. The largest absolute Gasteiger partial charge is 0.395 e. The number of aliphatic hydroxyl groups is 1. The molecule has 1 saturated heterocycles. The number of sulfonamides is 1. The van der Waals surface area contributed by atoms with Crippen LogP contribution in [0.4, 0.5) is 5.69 Å². The van der Waals surface area contributed by atoms with Crippen LogP contribution in [0.1, 0.15) is 30.4 Å². The number of benzene rings is 1. The van der Waals surface area contributed by atoms with Crippen LogP contribution in [-0.4, -0.2) is 44.1 Å². The summed E-state index contributed by atoms with van der Waals surface area (Å²) in [6.45, 7) is 4.00. The van der Waals surface area contributed by atoms with E-state index < -0.39 is 10.0 Å². The van der Waals surface area contributed by atoms with Crippen LogP contribution in [0.25, 0.3) is 0 Å². The van der Waals surface area contributed by atoms with E-state index in [1.165, 1.54) is 4.31 Å². The van der Waals surface area contributed by atoms with Gasteiger partial charge in [-0.25, -0.2) is 8.42 Å². The van der Waals surface area contributed by atoms with Crippen LogP contribution in [0.2, 0.25) is 0 Å². The maximum absolute atomic E-state index is 13.0. The molecular weight excluding hydrogens is 288 g/mol. The first-order valence-electron chi connectivity index (χ1n) is 7.33. The number of anilines is 1. The Morgan fingerprint density at radius 3 is 2.43 bits per heavy atom. The minimum atomic E-state index is -3.56. The SMILES string of the molecule is CNc1cc(C)c(S(=O)(=O)N2CCCCC2CO)c(C)c1. The smallest absolute Gasteiger partial charge is 0.243 e. The monoisotopic (exact) mass is 312 g/mol. The molecule has 0 spiro atoms. The predicted molar refractivity (Wildman–Crippen MR) is 84.1 cm³/mol. The molecule has 21 heavy (non-hydrogen) atoms. The summed E-state index contributed by atoms with van der Waals surface area (Å²) >= 11 is 0. The number of nitrogens with one attached hydrogen (secondary N) is 1. The van der Waals surface area contributed by atoms with Gasteiger partial charge in [0.1, 0.15) is 0 Å². The van der Waals surface area contributed by atoms with E-state index in [1.807, 2.05) is 33.0 Å². The van der Waals surface area contributed by atoms with E-state index in [1.54, 1.807) is 0 Å². The fraction of sp³-hybridized carbons (Fsp3) is 0.600. The van der Waals surface area contributed by atoms with Gasteiger partial charge in [-0.3, -0.25) is 0 Å². The van der Waals surface area contributed by atoms with Gasteiger partial charge >= 0.3 is 0 Å². The van der Waals surface area contributed by atoms with E-state index in [0.717, 1.165) is 36.1 Å². The Bertz CT molecular complexity index is 590. The standard InChI is InChI=1S/C15H24N2O3S/c1-11-8-13(16-3)9-12(2)15(11)21(19,20)17-7-5-4-6-14(17)10-18/h8-9,14,16,18H,4-7,10H2,1-3H3. The van der Waals surface area contributed by atoms with Gasteiger partial charge in [0.05, 0.1) is 11.5 Å². The van der Waals surface area contributed by atoms with Crippen molar-refractivity contribution in [1.29, 1.82) is 0 Å². The summed E-state index contributed by atoms with van der Waals surface area (Å²) in [5.74, 6) is 0. The highest BCUT2D eigenvalue weighted by Gasteiger charge is 2.34. The van der Waals surface area contributed by atoms with Crippen molar-refractivity contribution < 1.29 is 13.5 Å². The average molecular weight is 312 g/mol. The van der Waals surface area contributed by atoms with Crippen LogP contribution in [0.3, 0.4) is 0 Å². The Morgan fingerprint density at radius 2 is 1.90 bits per heavy atom. The highest BCUT2D eigenvalue weighted by atomic mass is 32.2. The summed E-state index contributed by atoms with van der Waals surface area (Å²) in [7, 11) is -1.75. The van der Waals surface area contributed by atoms with Crippen molar-refractivity contribution in [2.75, 3.05) is 25.5 Å². The summed E-state index contributed by atoms with van der Waals surface area (Å²) in [5, 5.41) is 12.5. The topological polar surface area (TPSA) is 69.6 Å². The minimum absolute atomic E-state index is 0.119. The second-order valence-corrected chi connectivity index (χ2v) is 7.46. The van der Waals surface area contributed by atoms with Gasteiger partial charge in [0.15, 0.2) is 0 Å². The molecule has 118 valence electrons. The molecule has 0 amide bonds. The number of nitrogens with zero attached hydrogens (tertiary/aromatic N) is 1. The summed E-state index contributed by atoms with van der Waals surface area (Å²) in [4.78, 5) is 0.377. The molecule has 0 saturated carbocycles. The Hall–Kier alpha value is -1.11. The van der Waals surface area contributed by atoms with E-state index in [9.17, 15) is 13.5 Å². The van der Waals surface area contributed by atoms with Gasteiger partial charge < -0.3 is 10.4 Å². The van der Waals surface area contributed by atoms with Gasteiger partial charge in [-0.2, -0.15) is 4.31 Å². The first-order chi connectivity index (χ1) is 9.91. The summed E-state index contributed by atoms with van der Waals surface area (Å²) in [6, 6.07) is 3.39. The third-order valence-electron chi connectivity index (χ3n) is 4.10. The number of hydrogen-bond acceptors (Lipinski definition) is 4. The van der Waals surface area contributed by atoms with E-state index >= 15 is 0 Å². The Kier molecular flexibility index (Phi) is 4.91. The quantitative estimate of drug-likeness (QED) is 0.890. The minimum Gasteiger partial charge on any atom is -0.395 e. The Labute approximate surface area is 127 Å². The maximum atomic E-state index is 13.0. The average Bonchev–Trinajstić information content (AvgIpc) is 2.46. The Balaban J connectivity index is 2.48. The molecule has 2 N–H and O–H groups in total. The van der Waals surface area contributed by atoms with E-state index in [2.05, 4.69) is 5.32 Å². The van der Waals surface area contributed by atoms with E-state index in [0.29, 0.717) is 11.4 Å². The first kappa shape index (κ1) is 16.3. The molecule has 0 radical (unpaired) electrons. The number of aliphatic hydroxyl groups excluding tert-OH is 1. The van der Waals surface area contributed by atoms with Crippen molar-refractivity contribution in [3.8, 4) is 0 Å². The second-order valence-electron chi connectivity index (χ2n) is 5.64. The van der Waals surface area contributed by atoms with Crippen LogP contribution < -0.4 is 5.32 Å². The molecule has 1 aliphatic heterocycles.